The zero-order valence-corrected chi connectivity index (χ0v) is 18.7. The maximum atomic E-state index is 13.9. The number of fused-ring (bicyclic) bond motifs is 1. The Kier molecular flexibility index (Phi) is 6.16. The summed E-state index contributed by atoms with van der Waals surface area (Å²) in [5, 5.41) is 0.866. The first-order chi connectivity index (χ1) is 15.3. The molecule has 170 valence electrons. The van der Waals surface area contributed by atoms with E-state index in [1.165, 1.54) is 19.2 Å². The Hall–Kier alpha value is -2.98. The molecule has 1 aromatic carbocycles. The van der Waals surface area contributed by atoms with Gasteiger partial charge in [-0.2, -0.15) is 0 Å². The number of hydrogen-bond donors (Lipinski definition) is 2. The first kappa shape index (κ1) is 22.2. The molecule has 0 saturated carbocycles. The van der Waals surface area contributed by atoms with E-state index in [-0.39, 0.29) is 11.7 Å². The van der Waals surface area contributed by atoms with E-state index in [0.29, 0.717) is 42.9 Å². The summed E-state index contributed by atoms with van der Waals surface area (Å²) in [6, 6.07) is 8.27. The lowest BCUT2D eigenvalue weighted by molar-refractivity contribution is -0.129. The van der Waals surface area contributed by atoms with Crippen molar-refractivity contribution in [3.8, 4) is 16.9 Å². The highest BCUT2D eigenvalue weighted by molar-refractivity contribution is 7.90. The molecule has 1 fully saturated rings. The summed E-state index contributed by atoms with van der Waals surface area (Å²) in [6.45, 7) is 0.964. The van der Waals surface area contributed by atoms with Crippen LogP contribution < -0.4 is 9.46 Å². The van der Waals surface area contributed by atoms with Crippen LogP contribution in [0, 0.1) is 5.82 Å². The summed E-state index contributed by atoms with van der Waals surface area (Å²) < 4.78 is 44.8. The topological polar surface area (TPSA) is 104 Å². The van der Waals surface area contributed by atoms with Crippen LogP contribution in [-0.2, 0) is 14.8 Å². The Labute approximate surface area is 185 Å². The van der Waals surface area contributed by atoms with Crippen molar-refractivity contribution in [2.45, 2.75) is 18.8 Å². The third kappa shape index (κ3) is 4.46. The van der Waals surface area contributed by atoms with Crippen molar-refractivity contribution in [1.82, 2.24) is 19.6 Å². The standard InChI is InChI=1S/C22H25FN4O4S/c1-24-32(29,30)13-21(28)27-9-6-14(7-10-27)19-12-18-16(5-8-25-22(18)26-19)17-11-15(23)3-4-20(17)31-2/h3-5,8,11-12,14,24H,6-7,9-10,13H2,1-2H3,(H,25,26). The molecule has 1 saturated heterocycles. The van der Waals surface area contributed by atoms with Gasteiger partial charge < -0.3 is 14.6 Å². The lowest BCUT2D eigenvalue weighted by Crippen LogP contribution is -2.42. The average Bonchev–Trinajstić information content (AvgIpc) is 3.23. The van der Waals surface area contributed by atoms with Crippen molar-refractivity contribution in [3.05, 3.63) is 48.0 Å². The smallest absolute Gasteiger partial charge is 0.239 e. The van der Waals surface area contributed by atoms with E-state index in [2.05, 4.69) is 14.7 Å². The number of H-pyrrole nitrogens is 1. The number of nitrogens with one attached hydrogen (secondary N) is 2. The second-order valence-corrected chi connectivity index (χ2v) is 9.73. The van der Waals surface area contributed by atoms with Gasteiger partial charge in [0.2, 0.25) is 15.9 Å². The molecule has 8 nitrogen and oxygen atoms in total. The molecule has 2 aromatic heterocycles. The molecule has 10 heteroatoms. The van der Waals surface area contributed by atoms with Crippen molar-refractivity contribution < 1.29 is 22.3 Å². The van der Waals surface area contributed by atoms with Crippen molar-refractivity contribution in [2.75, 3.05) is 33.0 Å². The summed E-state index contributed by atoms with van der Waals surface area (Å²) in [6.07, 6.45) is 3.08. The Bertz CT molecular complexity index is 1250. The molecule has 3 heterocycles. The molecule has 4 rings (SSSR count). The fourth-order valence-corrected chi connectivity index (χ4v) is 4.81. The molecule has 0 bridgehead atoms. The van der Waals surface area contributed by atoms with Gasteiger partial charge in [-0.05, 0) is 55.8 Å². The fraction of sp³-hybridized carbons (Fsp3) is 0.364. The summed E-state index contributed by atoms with van der Waals surface area (Å²) >= 11 is 0. The first-order valence-electron chi connectivity index (χ1n) is 10.3. The highest BCUT2D eigenvalue weighted by Gasteiger charge is 2.27. The number of sulfonamides is 1. The van der Waals surface area contributed by atoms with Gasteiger partial charge in [-0.1, -0.05) is 0 Å². The number of carbonyl (C=O) groups excluding carboxylic acids is 1. The molecule has 1 aliphatic rings. The van der Waals surface area contributed by atoms with Crippen LogP contribution in [0.4, 0.5) is 4.39 Å². The van der Waals surface area contributed by atoms with Gasteiger partial charge in [0.1, 0.15) is 23.0 Å². The van der Waals surface area contributed by atoms with Gasteiger partial charge in [0.05, 0.1) is 7.11 Å². The molecule has 32 heavy (non-hydrogen) atoms. The number of benzene rings is 1. The van der Waals surface area contributed by atoms with Crippen LogP contribution in [0.3, 0.4) is 0 Å². The minimum absolute atomic E-state index is 0.177. The second kappa shape index (κ2) is 8.87. The third-order valence-electron chi connectivity index (χ3n) is 5.92. The SMILES string of the molecule is CNS(=O)(=O)CC(=O)N1CCC(c2cc3c(-c4cc(F)ccc4OC)ccnc3[nH]2)CC1. The van der Waals surface area contributed by atoms with Gasteiger partial charge in [-0.3, -0.25) is 4.79 Å². The van der Waals surface area contributed by atoms with Crippen molar-refractivity contribution >= 4 is 27.0 Å². The quantitative estimate of drug-likeness (QED) is 0.589. The minimum atomic E-state index is -3.58. The maximum Gasteiger partial charge on any atom is 0.239 e. The summed E-state index contributed by atoms with van der Waals surface area (Å²) in [5.41, 5.74) is 3.16. The predicted octanol–water partition coefficient (Wildman–Crippen LogP) is 2.63. The van der Waals surface area contributed by atoms with E-state index in [4.69, 9.17) is 4.74 Å². The number of piperidine rings is 1. The second-order valence-electron chi connectivity index (χ2n) is 7.81. The number of methoxy groups -OCH3 is 1. The Morgan fingerprint density at radius 3 is 2.69 bits per heavy atom. The molecule has 0 atom stereocenters. The molecule has 0 spiro atoms. The van der Waals surface area contributed by atoms with Gasteiger partial charge in [0, 0.05) is 41.8 Å². The number of rotatable bonds is 6. The van der Waals surface area contributed by atoms with Gasteiger partial charge in [0.25, 0.3) is 0 Å². The Morgan fingerprint density at radius 2 is 2.00 bits per heavy atom. The molecule has 0 unspecified atom stereocenters. The number of hydrogen-bond acceptors (Lipinski definition) is 5. The van der Waals surface area contributed by atoms with Crippen LogP contribution in [0.5, 0.6) is 5.75 Å². The summed E-state index contributed by atoms with van der Waals surface area (Å²) in [5.74, 6) is -0.527. The monoisotopic (exact) mass is 460 g/mol. The normalized spacial score (nSPS) is 15.3. The minimum Gasteiger partial charge on any atom is -0.496 e. The number of pyridine rings is 1. The number of aromatic amines is 1. The molecular formula is C22H25FN4O4S. The van der Waals surface area contributed by atoms with Gasteiger partial charge in [0.15, 0.2) is 0 Å². The number of halogens is 1. The van der Waals surface area contributed by atoms with E-state index < -0.39 is 21.7 Å². The fourth-order valence-electron chi connectivity index (χ4n) is 4.16. The number of nitrogens with zero attached hydrogens (tertiary/aromatic N) is 2. The highest BCUT2D eigenvalue weighted by atomic mass is 32.2. The number of amides is 1. The molecule has 0 radical (unpaired) electrons. The van der Waals surface area contributed by atoms with Crippen molar-refractivity contribution in [2.24, 2.45) is 0 Å². The van der Waals surface area contributed by atoms with E-state index in [0.717, 1.165) is 16.6 Å². The third-order valence-corrected chi connectivity index (χ3v) is 7.17. The molecule has 1 amide bonds. The summed E-state index contributed by atoms with van der Waals surface area (Å²) in [4.78, 5) is 21.7. The molecule has 0 aliphatic carbocycles. The van der Waals surface area contributed by atoms with Crippen molar-refractivity contribution in [1.29, 1.82) is 0 Å². The average molecular weight is 461 g/mol. The van der Waals surface area contributed by atoms with Crippen LogP contribution in [-0.4, -0.2) is 62.2 Å². The lowest BCUT2D eigenvalue weighted by Gasteiger charge is -2.31. The van der Waals surface area contributed by atoms with Crippen LogP contribution in [0.1, 0.15) is 24.5 Å². The van der Waals surface area contributed by atoms with E-state index in [9.17, 15) is 17.6 Å². The number of aromatic nitrogens is 2. The first-order valence-corrected chi connectivity index (χ1v) is 12.0. The van der Waals surface area contributed by atoms with Crippen molar-refractivity contribution in [3.63, 3.8) is 0 Å². The summed E-state index contributed by atoms with van der Waals surface area (Å²) in [7, 11) is -0.735. The molecular weight excluding hydrogens is 435 g/mol. The molecule has 2 N–H and O–H groups in total. The van der Waals surface area contributed by atoms with Gasteiger partial charge >= 0.3 is 0 Å². The maximum absolute atomic E-state index is 13.9. The van der Waals surface area contributed by atoms with Crippen LogP contribution in [0.15, 0.2) is 36.5 Å². The molecule has 1 aliphatic heterocycles. The van der Waals surface area contributed by atoms with E-state index >= 15 is 0 Å². The number of ether oxygens (including phenoxy) is 1. The van der Waals surface area contributed by atoms with Crippen LogP contribution in [0.2, 0.25) is 0 Å². The van der Waals surface area contributed by atoms with Crippen LogP contribution in [0.25, 0.3) is 22.2 Å². The van der Waals surface area contributed by atoms with E-state index in [1.807, 2.05) is 12.1 Å². The van der Waals surface area contributed by atoms with E-state index in [1.54, 1.807) is 24.3 Å². The Morgan fingerprint density at radius 1 is 1.25 bits per heavy atom. The predicted molar refractivity (Wildman–Crippen MR) is 119 cm³/mol. The van der Waals surface area contributed by atoms with Gasteiger partial charge in [-0.15, -0.1) is 0 Å². The number of carbonyl (C=O) groups is 1. The van der Waals surface area contributed by atoms with Crippen LogP contribution >= 0.6 is 0 Å². The van der Waals surface area contributed by atoms with Gasteiger partial charge in [-0.25, -0.2) is 22.5 Å². The molecule has 3 aromatic rings. The highest BCUT2D eigenvalue weighted by Crippen LogP contribution is 2.37. The zero-order valence-electron chi connectivity index (χ0n) is 17.9. The lowest BCUT2D eigenvalue weighted by atomic mass is 9.93. The Balaban J connectivity index is 1.56. The zero-order chi connectivity index (χ0) is 22.9. The largest absolute Gasteiger partial charge is 0.496 e. The number of likely N-dealkylation sites (tertiary alicyclic amines) is 1.